The predicted octanol–water partition coefficient (Wildman–Crippen LogP) is 1.84. The molecule has 4 heteroatoms. The molecule has 2 heterocycles. The van der Waals surface area contributed by atoms with Crippen LogP contribution in [0.1, 0.15) is 11.9 Å². The number of ether oxygens (including phenoxy) is 2. The van der Waals surface area contributed by atoms with Crippen molar-refractivity contribution in [3.63, 3.8) is 0 Å². The molecule has 1 aromatic carbocycles. The van der Waals surface area contributed by atoms with Crippen LogP contribution in [0.3, 0.4) is 0 Å². The molecule has 1 aromatic heterocycles. The molecule has 1 aliphatic heterocycles. The van der Waals surface area contributed by atoms with Gasteiger partial charge in [-0.1, -0.05) is 12.1 Å². The summed E-state index contributed by atoms with van der Waals surface area (Å²) in [6.07, 6.45) is 0.835. The molecular formula is C12H10O4. The van der Waals surface area contributed by atoms with Gasteiger partial charge in [0.25, 0.3) is 0 Å². The summed E-state index contributed by atoms with van der Waals surface area (Å²) in [5.41, 5.74) is 0.916. The topological polar surface area (TPSA) is 48.7 Å². The van der Waals surface area contributed by atoms with Crippen LogP contribution in [0.2, 0.25) is 0 Å². The van der Waals surface area contributed by atoms with Crippen molar-refractivity contribution in [1.82, 2.24) is 0 Å². The van der Waals surface area contributed by atoms with Gasteiger partial charge in [-0.25, -0.2) is 0 Å². The first-order valence-corrected chi connectivity index (χ1v) is 5.10. The van der Waals surface area contributed by atoms with Gasteiger partial charge in [-0.3, -0.25) is 4.79 Å². The Morgan fingerprint density at radius 3 is 2.69 bits per heavy atom. The lowest BCUT2D eigenvalue weighted by molar-refractivity contribution is -0.0457. The molecule has 1 saturated heterocycles. The van der Waals surface area contributed by atoms with Gasteiger partial charge in [0.15, 0.2) is 6.29 Å². The van der Waals surface area contributed by atoms with Gasteiger partial charge < -0.3 is 13.9 Å². The first kappa shape index (κ1) is 9.57. The van der Waals surface area contributed by atoms with Gasteiger partial charge in [-0.15, -0.1) is 0 Å². The highest BCUT2D eigenvalue weighted by Gasteiger charge is 2.22. The Morgan fingerprint density at radius 1 is 1.12 bits per heavy atom. The summed E-state index contributed by atoms with van der Waals surface area (Å²) in [7, 11) is 0. The Bertz CT molecular complexity index is 566. The fraction of sp³-hybridized carbons (Fsp3) is 0.250. The average Bonchev–Trinajstić information content (AvgIpc) is 2.83. The van der Waals surface area contributed by atoms with E-state index in [1.807, 2.05) is 6.07 Å². The number of benzene rings is 1. The molecule has 0 atom stereocenters. The highest BCUT2D eigenvalue weighted by Crippen LogP contribution is 2.22. The van der Waals surface area contributed by atoms with Crippen LogP contribution in [0.4, 0.5) is 0 Å². The van der Waals surface area contributed by atoms with Crippen LogP contribution < -0.4 is 5.43 Å². The monoisotopic (exact) mass is 218 g/mol. The lowest BCUT2D eigenvalue weighted by Crippen LogP contribution is -2.13. The maximum absolute atomic E-state index is 12.1. The van der Waals surface area contributed by atoms with Gasteiger partial charge in [0.05, 0.1) is 24.2 Å². The highest BCUT2D eigenvalue weighted by atomic mass is 16.7. The largest absolute Gasteiger partial charge is 0.464 e. The molecule has 3 rings (SSSR count). The minimum absolute atomic E-state index is 0.0891. The molecule has 4 nitrogen and oxygen atoms in total. The Balaban J connectivity index is 2.19. The molecule has 2 aromatic rings. The maximum Gasteiger partial charge on any atom is 0.200 e. The molecule has 0 N–H and O–H groups in total. The average molecular weight is 218 g/mol. The third-order valence-electron chi connectivity index (χ3n) is 2.58. The molecule has 0 unspecified atom stereocenters. The number of para-hydroxylation sites is 1. The van der Waals surface area contributed by atoms with Crippen molar-refractivity contribution in [2.45, 2.75) is 6.29 Å². The smallest absolute Gasteiger partial charge is 0.200 e. The van der Waals surface area contributed by atoms with E-state index >= 15 is 0 Å². The third-order valence-corrected chi connectivity index (χ3v) is 2.58. The summed E-state index contributed by atoms with van der Waals surface area (Å²) in [6.45, 7) is 1.02. The standard InChI is InChI=1S/C12H10O4/c13-11-8-3-1-2-4-10(8)16-7-9(11)12-14-5-6-15-12/h1-4,7,12H,5-6H2. The summed E-state index contributed by atoms with van der Waals surface area (Å²) < 4.78 is 15.9. The van der Waals surface area contributed by atoms with Crippen LogP contribution in [-0.2, 0) is 9.47 Å². The van der Waals surface area contributed by atoms with Gasteiger partial charge in [0.2, 0.25) is 5.43 Å². The van der Waals surface area contributed by atoms with Crippen molar-refractivity contribution in [1.29, 1.82) is 0 Å². The zero-order chi connectivity index (χ0) is 11.0. The van der Waals surface area contributed by atoms with Crippen LogP contribution >= 0.6 is 0 Å². The lowest BCUT2D eigenvalue weighted by atomic mass is 10.2. The van der Waals surface area contributed by atoms with Crippen LogP contribution in [0.15, 0.2) is 39.7 Å². The Labute approximate surface area is 91.4 Å². The first-order valence-electron chi connectivity index (χ1n) is 5.10. The SMILES string of the molecule is O=c1c(C2OCCO2)coc2ccccc12. The molecule has 82 valence electrons. The lowest BCUT2D eigenvalue weighted by Gasteiger charge is -2.08. The summed E-state index contributed by atoms with van der Waals surface area (Å²) in [6, 6.07) is 7.13. The molecule has 0 saturated carbocycles. The van der Waals surface area contributed by atoms with Gasteiger partial charge in [0.1, 0.15) is 11.8 Å². The molecule has 16 heavy (non-hydrogen) atoms. The normalized spacial score (nSPS) is 17.0. The van der Waals surface area contributed by atoms with Gasteiger partial charge in [-0.05, 0) is 12.1 Å². The molecule has 0 aliphatic carbocycles. The summed E-state index contributed by atoms with van der Waals surface area (Å²) >= 11 is 0. The number of fused-ring (bicyclic) bond motifs is 1. The highest BCUT2D eigenvalue weighted by molar-refractivity contribution is 5.76. The summed E-state index contributed by atoms with van der Waals surface area (Å²) in [5.74, 6) is 0. The van der Waals surface area contributed by atoms with Crippen molar-refractivity contribution >= 4 is 11.0 Å². The first-order chi connectivity index (χ1) is 7.86. The van der Waals surface area contributed by atoms with Crippen molar-refractivity contribution in [2.24, 2.45) is 0 Å². The Morgan fingerprint density at radius 2 is 1.88 bits per heavy atom. The van der Waals surface area contributed by atoms with E-state index in [1.165, 1.54) is 6.26 Å². The molecule has 0 amide bonds. The molecule has 1 aliphatic rings. The Hall–Kier alpha value is -1.65. The molecule has 1 fully saturated rings. The van der Waals surface area contributed by atoms with Crippen LogP contribution in [-0.4, -0.2) is 13.2 Å². The minimum Gasteiger partial charge on any atom is -0.464 e. The molecular weight excluding hydrogens is 208 g/mol. The van der Waals surface area contributed by atoms with Crippen molar-refractivity contribution in [3.05, 3.63) is 46.3 Å². The van der Waals surface area contributed by atoms with Gasteiger partial charge in [0, 0.05) is 0 Å². The van der Waals surface area contributed by atoms with Gasteiger partial charge in [-0.2, -0.15) is 0 Å². The van der Waals surface area contributed by atoms with E-state index in [0.717, 1.165) is 0 Å². The fourth-order valence-electron chi connectivity index (χ4n) is 1.79. The van der Waals surface area contributed by atoms with E-state index in [9.17, 15) is 4.79 Å². The second-order valence-corrected chi connectivity index (χ2v) is 3.59. The molecule has 0 bridgehead atoms. The van der Waals surface area contributed by atoms with Crippen LogP contribution in [0.5, 0.6) is 0 Å². The number of rotatable bonds is 1. The second kappa shape index (κ2) is 3.73. The Kier molecular flexibility index (Phi) is 2.23. The van der Waals surface area contributed by atoms with Crippen LogP contribution in [0, 0.1) is 0 Å². The number of hydrogen-bond acceptors (Lipinski definition) is 4. The molecule has 0 spiro atoms. The zero-order valence-corrected chi connectivity index (χ0v) is 8.51. The minimum atomic E-state index is -0.583. The van der Waals surface area contributed by atoms with E-state index < -0.39 is 6.29 Å². The zero-order valence-electron chi connectivity index (χ0n) is 8.51. The predicted molar refractivity (Wildman–Crippen MR) is 57.1 cm³/mol. The van der Waals surface area contributed by atoms with Gasteiger partial charge >= 0.3 is 0 Å². The van der Waals surface area contributed by atoms with E-state index in [0.29, 0.717) is 29.7 Å². The number of hydrogen-bond donors (Lipinski definition) is 0. The summed E-state index contributed by atoms with van der Waals surface area (Å²) in [4.78, 5) is 12.1. The van der Waals surface area contributed by atoms with Crippen LogP contribution in [0.25, 0.3) is 11.0 Å². The van der Waals surface area contributed by atoms with Crippen molar-refractivity contribution in [3.8, 4) is 0 Å². The van der Waals surface area contributed by atoms with E-state index in [2.05, 4.69) is 0 Å². The second-order valence-electron chi connectivity index (χ2n) is 3.59. The van der Waals surface area contributed by atoms with E-state index in [1.54, 1.807) is 18.2 Å². The van der Waals surface area contributed by atoms with E-state index in [-0.39, 0.29) is 5.43 Å². The fourth-order valence-corrected chi connectivity index (χ4v) is 1.79. The quantitative estimate of drug-likeness (QED) is 0.732. The third kappa shape index (κ3) is 1.43. The van der Waals surface area contributed by atoms with E-state index in [4.69, 9.17) is 13.9 Å². The van der Waals surface area contributed by atoms with Crippen molar-refractivity contribution < 1.29 is 13.9 Å². The van der Waals surface area contributed by atoms with Crippen molar-refractivity contribution in [2.75, 3.05) is 13.2 Å². The summed E-state index contributed by atoms with van der Waals surface area (Å²) in [5, 5.41) is 0.555. The molecule has 0 radical (unpaired) electrons. The maximum atomic E-state index is 12.1.